The first-order valence-electron chi connectivity index (χ1n) is 14.0. The molecule has 2 aliphatic carbocycles. The monoisotopic (exact) mass is 440 g/mol. The molecule has 2 saturated carbocycles. The van der Waals surface area contributed by atoms with E-state index in [0.717, 1.165) is 42.9 Å². The molecule has 0 spiro atoms. The van der Waals surface area contributed by atoms with Gasteiger partial charge < -0.3 is 4.74 Å². The quantitative estimate of drug-likeness (QED) is 0.240. The fraction of sp³-hybridized carbons (Fsp3) is 0.767. The highest BCUT2D eigenvalue weighted by Crippen LogP contribution is 2.43. The molecule has 3 rings (SSSR count). The molecule has 0 amide bonds. The summed E-state index contributed by atoms with van der Waals surface area (Å²) in [6.07, 6.45) is 22.0. The van der Waals surface area contributed by atoms with Crippen LogP contribution in [0.5, 0.6) is 0 Å². The fourth-order valence-corrected chi connectivity index (χ4v) is 6.15. The minimum atomic E-state index is -0.182. The molecule has 0 heterocycles. The molecule has 2 nitrogen and oxygen atoms in total. The Balaban J connectivity index is 1.31. The molecule has 2 fully saturated rings. The zero-order valence-electron chi connectivity index (χ0n) is 21.0. The van der Waals surface area contributed by atoms with Crippen LogP contribution in [0, 0.1) is 23.7 Å². The number of ether oxygens (including phenoxy) is 1. The number of hydrogen-bond donors (Lipinski definition) is 0. The average molecular weight is 441 g/mol. The van der Waals surface area contributed by atoms with Crippen LogP contribution in [0.4, 0.5) is 0 Å². The molecule has 0 N–H and O–H groups in total. The van der Waals surface area contributed by atoms with E-state index >= 15 is 0 Å². The van der Waals surface area contributed by atoms with Gasteiger partial charge in [0.15, 0.2) is 0 Å². The van der Waals surface area contributed by atoms with E-state index in [1.165, 1.54) is 89.0 Å². The summed E-state index contributed by atoms with van der Waals surface area (Å²) in [4.78, 5) is 12.1. The van der Waals surface area contributed by atoms with Crippen LogP contribution < -0.4 is 0 Å². The highest BCUT2D eigenvalue weighted by molar-refractivity contribution is 5.89. The average Bonchev–Trinajstić information content (AvgIpc) is 2.84. The van der Waals surface area contributed by atoms with E-state index in [9.17, 15) is 4.79 Å². The number of carbonyl (C=O) groups is 1. The van der Waals surface area contributed by atoms with Crippen molar-refractivity contribution in [2.75, 3.05) is 6.61 Å². The summed E-state index contributed by atoms with van der Waals surface area (Å²) in [5.74, 6) is 3.80. The Morgan fingerprint density at radius 1 is 0.750 bits per heavy atom. The van der Waals surface area contributed by atoms with Crippen LogP contribution in [0.15, 0.2) is 24.3 Å². The van der Waals surface area contributed by atoms with Gasteiger partial charge in [0.25, 0.3) is 0 Å². The molecule has 0 aliphatic heterocycles. The lowest BCUT2D eigenvalue weighted by atomic mass is 9.68. The number of aryl methyl sites for hydroxylation is 1. The summed E-state index contributed by atoms with van der Waals surface area (Å²) >= 11 is 0. The van der Waals surface area contributed by atoms with Crippen molar-refractivity contribution >= 4 is 5.97 Å². The molecule has 0 atom stereocenters. The first-order chi connectivity index (χ1) is 15.7. The zero-order valence-corrected chi connectivity index (χ0v) is 21.0. The van der Waals surface area contributed by atoms with Crippen LogP contribution in [0.1, 0.15) is 126 Å². The zero-order chi connectivity index (χ0) is 22.6. The van der Waals surface area contributed by atoms with Crippen molar-refractivity contribution in [1.29, 1.82) is 0 Å². The Hall–Kier alpha value is -1.31. The largest absolute Gasteiger partial charge is 0.462 e. The molecule has 180 valence electrons. The van der Waals surface area contributed by atoms with Gasteiger partial charge in [0.1, 0.15) is 0 Å². The van der Waals surface area contributed by atoms with E-state index in [1.54, 1.807) is 0 Å². The Kier molecular flexibility index (Phi) is 11.1. The van der Waals surface area contributed by atoms with Gasteiger partial charge in [-0.05, 0) is 86.3 Å². The van der Waals surface area contributed by atoms with Gasteiger partial charge >= 0.3 is 5.97 Å². The van der Waals surface area contributed by atoms with Crippen LogP contribution in [-0.4, -0.2) is 12.6 Å². The second kappa shape index (κ2) is 14.1. The van der Waals surface area contributed by atoms with Crippen LogP contribution in [0.3, 0.4) is 0 Å². The van der Waals surface area contributed by atoms with Crippen molar-refractivity contribution in [1.82, 2.24) is 0 Å². The lowest BCUT2D eigenvalue weighted by Gasteiger charge is -2.38. The minimum absolute atomic E-state index is 0.182. The first-order valence-corrected chi connectivity index (χ1v) is 14.0. The topological polar surface area (TPSA) is 26.3 Å². The SMILES string of the molecule is CCCCCC1CCC(C2CCC(CCc3ccc(C(=O)OCCCC)cc3)CC2)CC1. The number of unbranched alkanes of at least 4 members (excludes halogenated alkanes) is 3. The number of rotatable bonds is 12. The number of hydrogen-bond acceptors (Lipinski definition) is 2. The summed E-state index contributed by atoms with van der Waals surface area (Å²) in [5.41, 5.74) is 2.05. The van der Waals surface area contributed by atoms with Gasteiger partial charge in [0.05, 0.1) is 12.2 Å². The normalized spacial score (nSPS) is 26.1. The maximum absolute atomic E-state index is 12.1. The number of esters is 1. The van der Waals surface area contributed by atoms with Crippen molar-refractivity contribution in [2.45, 2.75) is 117 Å². The standard InChI is InChI=1S/C30H48O2/c1-3-5-7-8-24-11-17-27(18-12-24)28-19-13-25(14-20-28)9-10-26-15-21-29(22-16-26)30(31)32-23-6-4-2/h15-16,21-22,24-25,27-28H,3-14,17-20,23H2,1-2H3. The molecule has 0 unspecified atom stereocenters. The Labute approximate surface area is 197 Å². The maximum Gasteiger partial charge on any atom is 0.338 e. The Morgan fingerprint density at radius 3 is 1.88 bits per heavy atom. The second-order valence-corrected chi connectivity index (χ2v) is 10.8. The summed E-state index contributed by atoms with van der Waals surface area (Å²) in [6.45, 7) is 4.95. The number of benzene rings is 1. The van der Waals surface area contributed by atoms with Crippen LogP contribution in [0.2, 0.25) is 0 Å². The smallest absolute Gasteiger partial charge is 0.338 e. The summed E-state index contributed by atoms with van der Waals surface area (Å²) < 4.78 is 5.31. The Morgan fingerprint density at radius 2 is 1.31 bits per heavy atom. The van der Waals surface area contributed by atoms with Gasteiger partial charge in [0.2, 0.25) is 0 Å². The van der Waals surface area contributed by atoms with Crippen LogP contribution >= 0.6 is 0 Å². The molecule has 1 aromatic rings. The predicted octanol–water partition coefficient (Wildman–Crippen LogP) is 8.77. The Bertz CT molecular complexity index is 633. The van der Waals surface area contributed by atoms with E-state index in [0.29, 0.717) is 12.2 Å². The van der Waals surface area contributed by atoms with Crippen molar-refractivity contribution in [3.63, 3.8) is 0 Å². The van der Waals surface area contributed by atoms with E-state index in [1.807, 2.05) is 12.1 Å². The fourth-order valence-electron chi connectivity index (χ4n) is 6.15. The minimum Gasteiger partial charge on any atom is -0.462 e. The van der Waals surface area contributed by atoms with E-state index in [2.05, 4.69) is 26.0 Å². The van der Waals surface area contributed by atoms with Gasteiger partial charge in [-0.1, -0.05) is 83.8 Å². The molecule has 32 heavy (non-hydrogen) atoms. The highest BCUT2D eigenvalue weighted by atomic mass is 16.5. The molecular formula is C30H48O2. The van der Waals surface area contributed by atoms with E-state index < -0.39 is 0 Å². The van der Waals surface area contributed by atoms with E-state index in [4.69, 9.17) is 4.74 Å². The third-order valence-corrected chi connectivity index (χ3v) is 8.43. The lowest BCUT2D eigenvalue weighted by Crippen LogP contribution is -2.26. The van der Waals surface area contributed by atoms with Gasteiger partial charge in [0, 0.05) is 0 Å². The molecule has 0 aromatic heterocycles. The van der Waals surface area contributed by atoms with Crippen molar-refractivity contribution < 1.29 is 9.53 Å². The molecule has 2 aliphatic rings. The highest BCUT2D eigenvalue weighted by Gasteiger charge is 2.30. The predicted molar refractivity (Wildman–Crippen MR) is 135 cm³/mol. The third-order valence-electron chi connectivity index (χ3n) is 8.43. The van der Waals surface area contributed by atoms with Crippen molar-refractivity contribution in [3.8, 4) is 0 Å². The van der Waals surface area contributed by atoms with Gasteiger partial charge in [-0.15, -0.1) is 0 Å². The van der Waals surface area contributed by atoms with Crippen molar-refractivity contribution in [3.05, 3.63) is 35.4 Å². The van der Waals surface area contributed by atoms with Gasteiger partial charge in [-0.3, -0.25) is 0 Å². The van der Waals surface area contributed by atoms with Gasteiger partial charge in [-0.2, -0.15) is 0 Å². The molecule has 0 bridgehead atoms. The van der Waals surface area contributed by atoms with E-state index in [-0.39, 0.29) is 5.97 Å². The molecular weight excluding hydrogens is 392 g/mol. The van der Waals surface area contributed by atoms with Crippen molar-refractivity contribution in [2.24, 2.45) is 23.7 Å². The molecule has 0 radical (unpaired) electrons. The summed E-state index contributed by atoms with van der Waals surface area (Å²) in [5, 5.41) is 0. The summed E-state index contributed by atoms with van der Waals surface area (Å²) in [6, 6.07) is 8.14. The lowest BCUT2D eigenvalue weighted by molar-refractivity contribution is 0.0499. The van der Waals surface area contributed by atoms with Crippen LogP contribution in [0.25, 0.3) is 0 Å². The first kappa shape index (κ1) is 25.3. The summed E-state index contributed by atoms with van der Waals surface area (Å²) in [7, 11) is 0. The van der Waals surface area contributed by atoms with Crippen LogP contribution in [-0.2, 0) is 11.2 Å². The molecule has 0 saturated heterocycles. The molecule has 1 aromatic carbocycles. The number of carbonyl (C=O) groups excluding carboxylic acids is 1. The second-order valence-electron chi connectivity index (χ2n) is 10.8. The van der Waals surface area contributed by atoms with Gasteiger partial charge in [-0.25, -0.2) is 4.79 Å². The maximum atomic E-state index is 12.1. The molecule has 2 heteroatoms. The third kappa shape index (κ3) is 8.23.